The lowest BCUT2D eigenvalue weighted by Gasteiger charge is -2.51. The number of benzene rings is 1. The maximum Gasteiger partial charge on any atom is 0.264 e. The molecule has 1 fully saturated rings. The number of hydrogen-bond donors (Lipinski definition) is 0. The Morgan fingerprint density at radius 3 is 2.32 bits per heavy atom. The van der Waals surface area contributed by atoms with E-state index < -0.39 is 16.2 Å². The molecule has 138 valence electrons. The van der Waals surface area contributed by atoms with Crippen LogP contribution in [0.5, 0.6) is 5.75 Å². The lowest BCUT2D eigenvalue weighted by Crippen LogP contribution is -2.68. The Morgan fingerprint density at radius 1 is 1.28 bits per heavy atom. The van der Waals surface area contributed by atoms with Gasteiger partial charge >= 0.3 is 0 Å². The molecule has 1 amide bonds. The summed E-state index contributed by atoms with van der Waals surface area (Å²) in [5, 5.41) is 0. The van der Waals surface area contributed by atoms with Crippen LogP contribution in [0.1, 0.15) is 20.3 Å². The third-order valence-electron chi connectivity index (χ3n) is 4.34. The molecular formula is C18H25NO5S. The van der Waals surface area contributed by atoms with E-state index in [2.05, 4.69) is 6.58 Å². The Kier molecular flexibility index (Phi) is 5.90. The molecule has 1 heterocycles. The van der Waals surface area contributed by atoms with Gasteiger partial charge in [0.2, 0.25) is 5.91 Å². The van der Waals surface area contributed by atoms with Crippen molar-refractivity contribution in [2.45, 2.75) is 32.4 Å². The van der Waals surface area contributed by atoms with E-state index in [0.717, 1.165) is 6.26 Å². The second kappa shape index (κ2) is 7.58. The molecule has 25 heavy (non-hydrogen) atoms. The minimum atomic E-state index is -3.66. The van der Waals surface area contributed by atoms with Crippen LogP contribution >= 0.6 is 0 Å². The average Bonchev–Trinajstić information content (AvgIpc) is 2.51. The van der Waals surface area contributed by atoms with E-state index in [4.69, 9.17) is 8.92 Å². The van der Waals surface area contributed by atoms with E-state index in [-0.39, 0.29) is 23.8 Å². The molecule has 1 aromatic rings. The summed E-state index contributed by atoms with van der Waals surface area (Å²) in [6.07, 6.45) is 2.30. The summed E-state index contributed by atoms with van der Waals surface area (Å²) in [6, 6.07) is 6.73. The minimum Gasteiger partial charge on any atom is -0.497 e. The van der Waals surface area contributed by atoms with E-state index >= 15 is 0 Å². The number of nitrogens with zero attached hydrogens (tertiary/aromatic N) is 1. The molecule has 0 saturated carbocycles. The summed E-state index contributed by atoms with van der Waals surface area (Å²) in [5.74, 6) is 0.427. The first-order valence-electron chi connectivity index (χ1n) is 8.16. The van der Waals surface area contributed by atoms with E-state index in [1.165, 1.54) is 0 Å². The van der Waals surface area contributed by atoms with Gasteiger partial charge < -0.3 is 9.64 Å². The summed E-state index contributed by atoms with van der Waals surface area (Å²) < 4.78 is 33.8. The first-order chi connectivity index (χ1) is 11.7. The summed E-state index contributed by atoms with van der Waals surface area (Å²) in [6.45, 7) is 7.59. The van der Waals surface area contributed by atoms with Crippen LogP contribution in [0.4, 0.5) is 5.69 Å². The van der Waals surface area contributed by atoms with Crippen molar-refractivity contribution in [2.75, 3.05) is 18.3 Å². The molecule has 0 aliphatic carbocycles. The summed E-state index contributed by atoms with van der Waals surface area (Å²) in [7, 11) is -2.08. The minimum absolute atomic E-state index is 0.0312. The van der Waals surface area contributed by atoms with Crippen LogP contribution in [0.25, 0.3) is 0 Å². The zero-order valence-electron chi connectivity index (χ0n) is 15.0. The maximum absolute atomic E-state index is 12.7. The quantitative estimate of drug-likeness (QED) is 0.401. The number of anilines is 1. The van der Waals surface area contributed by atoms with Gasteiger partial charge in [0.05, 0.1) is 25.3 Å². The predicted octanol–water partition coefficient (Wildman–Crippen LogP) is 2.60. The lowest BCUT2D eigenvalue weighted by molar-refractivity contribution is -0.135. The van der Waals surface area contributed by atoms with Gasteiger partial charge in [-0.2, -0.15) is 8.42 Å². The fraction of sp³-hybridized carbons (Fsp3) is 0.500. The second-order valence-corrected chi connectivity index (χ2v) is 8.13. The van der Waals surface area contributed by atoms with E-state index in [1.54, 1.807) is 42.4 Å². The van der Waals surface area contributed by atoms with Gasteiger partial charge in [-0.15, -0.1) is 6.58 Å². The van der Waals surface area contributed by atoms with Gasteiger partial charge in [-0.1, -0.05) is 19.9 Å². The Bertz CT molecular complexity index is 726. The molecule has 0 aromatic heterocycles. The number of carbonyl (C=O) groups excluding carboxylic acids is 1. The fourth-order valence-corrected chi connectivity index (χ4v) is 3.92. The zero-order chi connectivity index (χ0) is 18.8. The van der Waals surface area contributed by atoms with Crippen LogP contribution in [0.15, 0.2) is 36.9 Å². The van der Waals surface area contributed by atoms with Crippen LogP contribution in [-0.2, 0) is 19.1 Å². The van der Waals surface area contributed by atoms with Crippen LogP contribution in [-0.4, -0.2) is 39.8 Å². The Labute approximate surface area is 149 Å². The molecule has 1 aromatic carbocycles. The van der Waals surface area contributed by atoms with Crippen molar-refractivity contribution >= 4 is 21.7 Å². The van der Waals surface area contributed by atoms with Gasteiger partial charge in [0.15, 0.2) is 0 Å². The van der Waals surface area contributed by atoms with Crippen molar-refractivity contribution in [1.82, 2.24) is 0 Å². The predicted molar refractivity (Wildman–Crippen MR) is 97.1 cm³/mol. The third-order valence-corrected chi connectivity index (χ3v) is 4.93. The van der Waals surface area contributed by atoms with Crippen molar-refractivity contribution in [2.24, 2.45) is 11.8 Å². The normalized spacial score (nSPS) is 21.8. The molecule has 2 rings (SSSR count). The highest BCUT2D eigenvalue weighted by Crippen LogP contribution is 2.41. The maximum atomic E-state index is 12.7. The van der Waals surface area contributed by atoms with Crippen LogP contribution in [0.3, 0.4) is 0 Å². The van der Waals surface area contributed by atoms with Crippen molar-refractivity contribution in [3.63, 3.8) is 0 Å². The highest BCUT2D eigenvalue weighted by Gasteiger charge is 2.53. The highest BCUT2D eigenvalue weighted by molar-refractivity contribution is 7.86. The average molecular weight is 367 g/mol. The molecule has 3 atom stereocenters. The number of carbonyl (C=O) groups is 1. The molecule has 7 heteroatoms. The molecule has 1 saturated heterocycles. The second-order valence-electron chi connectivity index (χ2n) is 6.53. The van der Waals surface area contributed by atoms with Crippen molar-refractivity contribution in [1.29, 1.82) is 0 Å². The van der Waals surface area contributed by atoms with E-state index in [0.29, 0.717) is 17.9 Å². The zero-order valence-corrected chi connectivity index (χ0v) is 15.8. The molecule has 6 nitrogen and oxygen atoms in total. The first kappa shape index (κ1) is 19.5. The first-order valence-corrected chi connectivity index (χ1v) is 9.97. The van der Waals surface area contributed by atoms with Crippen molar-refractivity contribution < 1.29 is 22.1 Å². The molecule has 1 aliphatic heterocycles. The van der Waals surface area contributed by atoms with E-state index in [1.807, 2.05) is 13.8 Å². The standard InChI is InChI=1S/C18H25NO5S/c1-6-7-15(24-25(5,21)22)17-16(12(2)3)18(20)19(17)13-8-10-14(23-4)11-9-13/h6,8-12,15-17H,1,7H2,2-5H3/t15?,16-,17+/m0/s1. The monoisotopic (exact) mass is 367 g/mol. The molecule has 0 N–H and O–H groups in total. The molecule has 1 aliphatic rings. The number of rotatable bonds is 8. The number of hydrogen-bond acceptors (Lipinski definition) is 5. The van der Waals surface area contributed by atoms with Crippen molar-refractivity contribution in [3.05, 3.63) is 36.9 Å². The Hall–Kier alpha value is -1.86. The van der Waals surface area contributed by atoms with Gasteiger partial charge in [-0.25, -0.2) is 0 Å². The van der Waals surface area contributed by atoms with Crippen LogP contribution in [0.2, 0.25) is 0 Å². The largest absolute Gasteiger partial charge is 0.497 e. The van der Waals surface area contributed by atoms with Gasteiger partial charge in [-0.05, 0) is 36.6 Å². The number of β-lactam (4-membered cyclic amide) rings is 1. The number of amides is 1. The summed E-state index contributed by atoms with van der Waals surface area (Å²) in [4.78, 5) is 14.3. The topological polar surface area (TPSA) is 72.9 Å². The molecule has 0 spiro atoms. The molecule has 1 unspecified atom stereocenters. The van der Waals surface area contributed by atoms with Crippen LogP contribution in [0, 0.1) is 11.8 Å². The Morgan fingerprint density at radius 2 is 1.88 bits per heavy atom. The third kappa shape index (κ3) is 4.22. The fourth-order valence-electron chi connectivity index (χ4n) is 3.28. The molecular weight excluding hydrogens is 342 g/mol. The van der Waals surface area contributed by atoms with Crippen LogP contribution < -0.4 is 9.64 Å². The Balaban J connectivity index is 2.38. The lowest BCUT2D eigenvalue weighted by atomic mass is 9.75. The van der Waals surface area contributed by atoms with Gasteiger partial charge in [0.1, 0.15) is 11.9 Å². The number of methoxy groups -OCH3 is 1. The smallest absolute Gasteiger partial charge is 0.264 e. The highest BCUT2D eigenvalue weighted by atomic mass is 32.2. The van der Waals surface area contributed by atoms with Gasteiger partial charge in [0, 0.05) is 5.69 Å². The number of ether oxygens (including phenoxy) is 1. The SMILES string of the molecule is C=CCC(OS(C)(=O)=O)[C@@H]1[C@H](C(C)C)C(=O)N1c1ccc(OC)cc1. The summed E-state index contributed by atoms with van der Waals surface area (Å²) >= 11 is 0. The van der Waals surface area contributed by atoms with Gasteiger partial charge in [-0.3, -0.25) is 8.98 Å². The van der Waals surface area contributed by atoms with Gasteiger partial charge in [0.25, 0.3) is 10.1 Å². The molecule has 0 radical (unpaired) electrons. The molecule has 0 bridgehead atoms. The van der Waals surface area contributed by atoms with E-state index in [9.17, 15) is 13.2 Å². The summed E-state index contributed by atoms with van der Waals surface area (Å²) in [5.41, 5.74) is 0.693. The van der Waals surface area contributed by atoms with Crippen molar-refractivity contribution in [3.8, 4) is 5.75 Å².